The van der Waals surface area contributed by atoms with Crippen molar-refractivity contribution in [2.24, 2.45) is 0 Å². The van der Waals surface area contributed by atoms with E-state index in [1.54, 1.807) is 12.1 Å². The minimum atomic E-state index is -0.163. The standard InChI is InChI=1S/2C10H12O2/c1-2-12-10(11)8-9-6-4-3-5-7-9;1-2-6-10(11)12-9-7-4-3-5-8-9/h3-7H,2,8H2,1H3;3-5,7-8H,2,6H2,1H3. The molecule has 4 heteroatoms. The fourth-order valence-corrected chi connectivity index (χ4v) is 1.85. The summed E-state index contributed by atoms with van der Waals surface area (Å²) in [5, 5.41) is 0. The normalized spacial score (nSPS) is 9.42. The van der Waals surface area contributed by atoms with Gasteiger partial charge in [0.25, 0.3) is 0 Å². The Morgan fingerprint density at radius 3 is 1.96 bits per heavy atom. The van der Waals surface area contributed by atoms with Crippen LogP contribution in [0.25, 0.3) is 0 Å². The van der Waals surface area contributed by atoms with Crippen LogP contribution < -0.4 is 4.74 Å². The molecule has 0 fully saturated rings. The summed E-state index contributed by atoms with van der Waals surface area (Å²) in [6.45, 7) is 4.21. The first kappa shape index (κ1) is 19.4. The van der Waals surface area contributed by atoms with Crippen LogP contribution in [0, 0.1) is 0 Å². The molecule has 0 bridgehead atoms. The highest BCUT2D eigenvalue weighted by molar-refractivity contribution is 5.72. The molecule has 0 aliphatic rings. The number of hydrogen-bond donors (Lipinski definition) is 0. The lowest BCUT2D eigenvalue weighted by Crippen LogP contribution is -2.06. The van der Waals surface area contributed by atoms with E-state index in [4.69, 9.17) is 9.47 Å². The van der Waals surface area contributed by atoms with E-state index in [0.29, 0.717) is 25.2 Å². The van der Waals surface area contributed by atoms with Crippen molar-refractivity contribution in [1.29, 1.82) is 0 Å². The van der Waals surface area contributed by atoms with E-state index in [9.17, 15) is 9.59 Å². The van der Waals surface area contributed by atoms with Crippen LogP contribution in [0.5, 0.6) is 5.75 Å². The topological polar surface area (TPSA) is 52.6 Å². The molecule has 0 heterocycles. The highest BCUT2D eigenvalue weighted by Gasteiger charge is 2.02. The zero-order chi connectivity index (χ0) is 17.6. The van der Waals surface area contributed by atoms with Crippen LogP contribution >= 0.6 is 0 Å². The summed E-state index contributed by atoms with van der Waals surface area (Å²) >= 11 is 0. The van der Waals surface area contributed by atoms with Gasteiger partial charge < -0.3 is 9.47 Å². The second-order valence-corrected chi connectivity index (χ2v) is 5.00. The molecule has 0 aliphatic heterocycles. The van der Waals surface area contributed by atoms with Crippen LogP contribution in [0.4, 0.5) is 0 Å². The molecule has 0 aliphatic carbocycles. The summed E-state index contributed by atoms with van der Waals surface area (Å²) in [6, 6.07) is 18.7. The van der Waals surface area contributed by atoms with Gasteiger partial charge in [0.15, 0.2) is 0 Å². The summed E-state index contributed by atoms with van der Waals surface area (Å²) in [7, 11) is 0. The summed E-state index contributed by atoms with van der Waals surface area (Å²) in [6.07, 6.45) is 1.68. The van der Waals surface area contributed by atoms with Gasteiger partial charge >= 0.3 is 11.9 Å². The predicted molar refractivity (Wildman–Crippen MR) is 93.8 cm³/mol. The lowest BCUT2D eigenvalue weighted by molar-refractivity contribution is -0.142. The maximum Gasteiger partial charge on any atom is 0.311 e. The van der Waals surface area contributed by atoms with Crippen molar-refractivity contribution in [3.8, 4) is 5.75 Å². The first-order chi connectivity index (χ1) is 11.7. The molecule has 0 radical (unpaired) electrons. The van der Waals surface area contributed by atoms with E-state index in [2.05, 4.69) is 0 Å². The van der Waals surface area contributed by atoms with Gasteiger partial charge in [-0.15, -0.1) is 0 Å². The van der Waals surface area contributed by atoms with Gasteiger partial charge in [0, 0.05) is 6.42 Å². The zero-order valence-corrected chi connectivity index (χ0v) is 14.2. The summed E-state index contributed by atoms with van der Waals surface area (Å²) in [4.78, 5) is 22.0. The number of benzene rings is 2. The molecule has 0 unspecified atom stereocenters. The number of rotatable bonds is 6. The van der Waals surface area contributed by atoms with Gasteiger partial charge in [-0.25, -0.2) is 0 Å². The second-order valence-electron chi connectivity index (χ2n) is 5.00. The Bertz CT molecular complexity index is 538. The maximum atomic E-state index is 11.0. The Hall–Kier alpha value is -2.62. The van der Waals surface area contributed by atoms with E-state index in [-0.39, 0.29) is 11.9 Å². The molecular formula is C20H24O4. The number of carbonyl (C=O) groups is 2. The van der Waals surface area contributed by atoms with Crippen LogP contribution in [0.15, 0.2) is 60.7 Å². The number of para-hydroxylation sites is 1. The molecule has 2 aromatic rings. The van der Waals surface area contributed by atoms with Gasteiger partial charge in [-0.3, -0.25) is 9.59 Å². The van der Waals surface area contributed by atoms with Gasteiger partial charge in [0.05, 0.1) is 13.0 Å². The number of esters is 2. The lowest BCUT2D eigenvalue weighted by Gasteiger charge is -2.01. The van der Waals surface area contributed by atoms with Crippen molar-refractivity contribution in [3.63, 3.8) is 0 Å². The molecule has 2 rings (SSSR count). The van der Waals surface area contributed by atoms with Crippen molar-refractivity contribution in [2.45, 2.75) is 33.1 Å². The summed E-state index contributed by atoms with van der Waals surface area (Å²) < 4.78 is 9.82. The molecule has 4 nitrogen and oxygen atoms in total. The fraction of sp³-hybridized carbons (Fsp3) is 0.300. The van der Waals surface area contributed by atoms with Gasteiger partial charge in [-0.2, -0.15) is 0 Å². The van der Waals surface area contributed by atoms with Gasteiger partial charge in [0.2, 0.25) is 0 Å². The summed E-state index contributed by atoms with van der Waals surface area (Å²) in [5.74, 6) is 0.295. The lowest BCUT2D eigenvalue weighted by atomic mass is 10.2. The van der Waals surface area contributed by atoms with Crippen molar-refractivity contribution in [3.05, 3.63) is 66.2 Å². The average molecular weight is 328 g/mol. The number of carbonyl (C=O) groups excluding carboxylic acids is 2. The Morgan fingerprint density at radius 1 is 0.833 bits per heavy atom. The molecule has 0 saturated carbocycles. The van der Waals surface area contributed by atoms with Crippen LogP contribution in [-0.4, -0.2) is 18.5 Å². The number of ether oxygens (including phenoxy) is 2. The van der Waals surface area contributed by atoms with Crippen LogP contribution in [-0.2, 0) is 20.7 Å². The monoisotopic (exact) mass is 328 g/mol. The zero-order valence-electron chi connectivity index (χ0n) is 14.2. The Balaban J connectivity index is 0.000000240. The molecule has 0 spiro atoms. The van der Waals surface area contributed by atoms with Crippen molar-refractivity contribution in [1.82, 2.24) is 0 Å². The third kappa shape index (κ3) is 8.73. The Morgan fingerprint density at radius 2 is 1.42 bits per heavy atom. The maximum absolute atomic E-state index is 11.0. The van der Waals surface area contributed by atoms with E-state index < -0.39 is 0 Å². The first-order valence-corrected chi connectivity index (χ1v) is 8.11. The molecule has 0 N–H and O–H groups in total. The molecule has 0 atom stereocenters. The minimum absolute atomic E-state index is 0.163. The minimum Gasteiger partial charge on any atom is -0.466 e. The molecule has 0 aromatic heterocycles. The molecule has 24 heavy (non-hydrogen) atoms. The molecule has 128 valence electrons. The first-order valence-electron chi connectivity index (χ1n) is 8.11. The number of hydrogen-bond acceptors (Lipinski definition) is 4. The molecule has 0 amide bonds. The smallest absolute Gasteiger partial charge is 0.311 e. The van der Waals surface area contributed by atoms with Crippen LogP contribution in [0.1, 0.15) is 32.3 Å². The van der Waals surface area contributed by atoms with Crippen molar-refractivity contribution < 1.29 is 19.1 Å². The van der Waals surface area contributed by atoms with Crippen LogP contribution in [0.3, 0.4) is 0 Å². The van der Waals surface area contributed by atoms with E-state index in [1.807, 2.05) is 62.4 Å². The third-order valence-electron chi connectivity index (χ3n) is 2.93. The quantitative estimate of drug-likeness (QED) is 0.589. The Kier molecular flexibility index (Phi) is 9.62. The van der Waals surface area contributed by atoms with Gasteiger partial charge in [-0.1, -0.05) is 55.5 Å². The average Bonchev–Trinajstić information content (AvgIpc) is 2.58. The SMILES string of the molecule is CCCC(=O)Oc1ccccc1.CCOC(=O)Cc1ccccc1. The highest BCUT2D eigenvalue weighted by atomic mass is 16.5. The largest absolute Gasteiger partial charge is 0.466 e. The van der Waals surface area contributed by atoms with Crippen molar-refractivity contribution in [2.75, 3.05) is 6.61 Å². The molecule has 2 aromatic carbocycles. The molecule has 0 saturated heterocycles. The van der Waals surface area contributed by atoms with E-state index >= 15 is 0 Å². The van der Waals surface area contributed by atoms with E-state index in [1.165, 1.54) is 0 Å². The van der Waals surface area contributed by atoms with Crippen LogP contribution in [0.2, 0.25) is 0 Å². The third-order valence-corrected chi connectivity index (χ3v) is 2.93. The summed E-state index contributed by atoms with van der Waals surface area (Å²) in [5.41, 5.74) is 0.996. The Labute approximate surface area is 143 Å². The molecular weight excluding hydrogens is 304 g/mol. The van der Waals surface area contributed by atoms with Crippen molar-refractivity contribution >= 4 is 11.9 Å². The fourth-order valence-electron chi connectivity index (χ4n) is 1.85. The van der Waals surface area contributed by atoms with Gasteiger partial charge in [-0.05, 0) is 31.0 Å². The van der Waals surface area contributed by atoms with E-state index in [0.717, 1.165) is 12.0 Å². The predicted octanol–water partition coefficient (Wildman–Crippen LogP) is 4.18. The highest BCUT2D eigenvalue weighted by Crippen LogP contribution is 2.09. The second kappa shape index (κ2) is 11.9. The van der Waals surface area contributed by atoms with Gasteiger partial charge in [0.1, 0.15) is 5.75 Å².